The maximum absolute atomic E-state index is 10.1. The summed E-state index contributed by atoms with van der Waals surface area (Å²) in [5, 5.41) is 4.56. The number of nitrogens with one attached hydrogen (secondary N) is 2. The normalized spacial score (nSPS) is 7.78. The van der Waals surface area contributed by atoms with E-state index in [9.17, 15) is 9.59 Å². The SMILES string of the molecule is CC(=O)N[B]NC(C)=O. The summed E-state index contributed by atoms with van der Waals surface area (Å²) in [6, 6.07) is 0. The van der Waals surface area contributed by atoms with Crippen molar-refractivity contribution in [2.45, 2.75) is 13.8 Å². The van der Waals surface area contributed by atoms with Crippen molar-refractivity contribution in [1.29, 1.82) is 0 Å². The van der Waals surface area contributed by atoms with E-state index in [1.165, 1.54) is 21.4 Å². The molecule has 5 heteroatoms. The molecule has 0 aromatic carbocycles. The number of hydrogen-bond acceptors (Lipinski definition) is 2. The minimum Gasteiger partial charge on any atom is -0.383 e. The molecule has 0 heterocycles. The zero-order valence-electron chi connectivity index (χ0n) is 5.39. The predicted octanol–water partition coefficient (Wildman–Crippen LogP) is -1.21. The molecule has 49 valence electrons. The monoisotopic (exact) mass is 127 g/mol. The third-order valence-corrected chi connectivity index (χ3v) is 0.551. The third kappa shape index (κ3) is 7.00. The van der Waals surface area contributed by atoms with Gasteiger partial charge in [-0.05, 0) is 0 Å². The Kier molecular flexibility index (Phi) is 3.51. The first kappa shape index (κ1) is 8.00. The molecule has 1 radical (unpaired) electrons. The van der Waals surface area contributed by atoms with Crippen molar-refractivity contribution in [2.75, 3.05) is 0 Å². The van der Waals surface area contributed by atoms with Crippen LogP contribution in [0.15, 0.2) is 0 Å². The van der Waals surface area contributed by atoms with Gasteiger partial charge in [0.1, 0.15) is 0 Å². The molecule has 0 bridgehead atoms. The van der Waals surface area contributed by atoms with Crippen molar-refractivity contribution in [1.82, 2.24) is 10.5 Å². The molecule has 9 heavy (non-hydrogen) atoms. The lowest BCUT2D eigenvalue weighted by atomic mass is 10.2. The van der Waals surface area contributed by atoms with Crippen LogP contribution in [0.4, 0.5) is 0 Å². The minimum absolute atomic E-state index is 0.205. The molecule has 0 aliphatic heterocycles. The van der Waals surface area contributed by atoms with Crippen LogP contribution in [-0.2, 0) is 9.59 Å². The lowest BCUT2D eigenvalue weighted by Crippen LogP contribution is -2.38. The summed E-state index contributed by atoms with van der Waals surface area (Å²) in [6.45, 7) is 2.72. The quantitative estimate of drug-likeness (QED) is 0.457. The number of rotatable bonds is 2. The molecule has 0 rings (SSSR count). The van der Waals surface area contributed by atoms with E-state index in [0.717, 1.165) is 0 Å². The third-order valence-electron chi connectivity index (χ3n) is 0.551. The fraction of sp³-hybridized carbons (Fsp3) is 0.500. The van der Waals surface area contributed by atoms with E-state index < -0.39 is 0 Å². The Morgan fingerprint density at radius 2 is 1.44 bits per heavy atom. The number of carbonyl (C=O) groups excluding carboxylic acids is 2. The highest BCUT2D eigenvalue weighted by molar-refractivity contribution is 6.38. The molecular weight excluding hydrogens is 119 g/mol. The lowest BCUT2D eigenvalue weighted by Gasteiger charge is -1.96. The van der Waals surface area contributed by atoms with Gasteiger partial charge in [0.05, 0.1) is 0 Å². The van der Waals surface area contributed by atoms with Gasteiger partial charge in [0.2, 0.25) is 11.8 Å². The number of hydrogen-bond donors (Lipinski definition) is 2. The van der Waals surface area contributed by atoms with Crippen molar-refractivity contribution in [3.05, 3.63) is 0 Å². The van der Waals surface area contributed by atoms with Gasteiger partial charge in [0.15, 0.2) is 0 Å². The van der Waals surface area contributed by atoms with Crippen molar-refractivity contribution in [2.24, 2.45) is 0 Å². The molecule has 0 spiro atoms. The summed E-state index contributed by atoms with van der Waals surface area (Å²) in [5.41, 5.74) is 0. The van der Waals surface area contributed by atoms with Crippen molar-refractivity contribution < 1.29 is 9.59 Å². The van der Waals surface area contributed by atoms with Crippen LogP contribution in [0.3, 0.4) is 0 Å². The topological polar surface area (TPSA) is 58.2 Å². The van der Waals surface area contributed by atoms with Crippen molar-refractivity contribution >= 4 is 19.4 Å². The van der Waals surface area contributed by atoms with Gasteiger partial charge in [-0.15, -0.1) is 0 Å². The van der Waals surface area contributed by atoms with Gasteiger partial charge in [-0.3, -0.25) is 9.59 Å². The Labute approximate surface area is 54.3 Å². The van der Waals surface area contributed by atoms with Crippen LogP contribution < -0.4 is 10.5 Å². The number of carbonyl (C=O) groups is 2. The summed E-state index contributed by atoms with van der Waals surface area (Å²) in [7, 11) is 1.20. The van der Waals surface area contributed by atoms with Crippen LogP contribution in [0.1, 0.15) is 13.8 Å². The molecule has 0 aromatic rings. The summed E-state index contributed by atoms with van der Waals surface area (Å²) < 4.78 is 0. The second kappa shape index (κ2) is 3.94. The predicted molar refractivity (Wildman–Crippen MR) is 33.4 cm³/mol. The van der Waals surface area contributed by atoms with Gasteiger partial charge in [0, 0.05) is 13.8 Å². The number of amides is 2. The van der Waals surface area contributed by atoms with E-state index >= 15 is 0 Å². The van der Waals surface area contributed by atoms with E-state index in [2.05, 4.69) is 10.5 Å². The Morgan fingerprint density at radius 1 is 1.11 bits per heavy atom. The molecule has 2 amide bonds. The summed E-state index contributed by atoms with van der Waals surface area (Å²) >= 11 is 0. The maximum atomic E-state index is 10.1. The van der Waals surface area contributed by atoms with Crippen LogP contribution in [0.2, 0.25) is 0 Å². The summed E-state index contributed by atoms with van der Waals surface area (Å²) in [4.78, 5) is 20.3. The lowest BCUT2D eigenvalue weighted by molar-refractivity contribution is -0.117. The fourth-order valence-corrected chi connectivity index (χ4v) is 0.239. The van der Waals surface area contributed by atoms with Crippen LogP contribution in [-0.4, -0.2) is 19.4 Å². The molecule has 0 aliphatic carbocycles. The van der Waals surface area contributed by atoms with Gasteiger partial charge < -0.3 is 10.5 Å². The first-order valence-electron chi connectivity index (χ1n) is 2.49. The average Bonchev–Trinajstić information content (AvgIpc) is 1.63. The Hall–Kier alpha value is -0.995. The first-order chi connectivity index (χ1) is 4.13. The van der Waals surface area contributed by atoms with Crippen LogP contribution in [0.5, 0.6) is 0 Å². The Bertz CT molecular complexity index is 112. The fourth-order valence-electron chi connectivity index (χ4n) is 0.239. The molecule has 0 saturated carbocycles. The smallest absolute Gasteiger partial charge is 0.383 e. The second-order valence-electron chi connectivity index (χ2n) is 1.55. The van der Waals surface area contributed by atoms with E-state index in [-0.39, 0.29) is 11.8 Å². The largest absolute Gasteiger partial charge is 0.390 e. The van der Waals surface area contributed by atoms with Gasteiger partial charge in [-0.2, -0.15) is 0 Å². The second-order valence-corrected chi connectivity index (χ2v) is 1.55. The van der Waals surface area contributed by atoms with Gasteiger partial charge >= 0.3 is 7.55 Å². The maximum Gasteiger partial charge on any atom is 0.390 e. The molecule has 0 aliphatic rings. The average molecular weight is 127 g/mol. The van der Waals surface area contributed by atoms with E-state index in [0.29, 0.717) is 0 Å². The van der Waals surface area contributed by atoms with Gasteiger partial charge in [-0.25, -0.2) is 0 Å². The minimum atomic E-state index is -0.205. The molecule has 0 aromatic heterocycles. The van der Waals surface area contributed by atoms with Gasteiger partial charge in [0.25, 0.3) is 0 Å². The van der Waals surface area contributed by atoms with Crippen molar-refractivity contribution in [3.63, 3.8) is 0 Å². The van der Waals surface area contributed by atoms with E-state index in [1.54, 1.807) is 0 Å². The van der Waals surface area contributed by atoms with Gasteiger partial charge in [-0.1, -0.05) is 0 Å². The molecule has 2 N–H and O–H groups in total. The molecule has 4 nitrogen and oxygen atoms in total. The van der Waals surface area contributed by atoms with Crippen LogP contribution >= 0.6 is 0 Å². The highest BCUT2D eigenvalue weighted by atomic mass is 16.2. The first-order valence-corrected chi connectivity index (χ1v) is 2.49. The van der Waals surface area contributed by atoms with E-state index in [1.807, 2.05) is 0 Å². The highest BCUT2D eigenvalue weighted by Gasteiger charge is 1.94. The summed E-state index contributed by atoms with van der Waals surface area (Å²) in [6.07, 6.45) is 0. The van der Waals surface area contributed by atoms with Crippen LogP contribution in [0, 0.1) is 0 Å². The molecule has 0 saturated heterocycles. The molecule has 0 atom stereocenters. The highest BCUT2D eigenvalue weighted by Crippen LogP contribution is 1.55. The Morgan fingerprint density at radius 3 is 1.67 bits per heavy atom. The molecule has 0 unspecified atom stereocenters. The standard InChI is InChI=1S/C4H8BN2O2/c1-3(8)6-5-7-4(2)9/h1-2H3,(H,6,8)(H,7,9). The van der Waals surface area contributed by atoms with E-state index in [4.69, 9.17) is 0 Å². The molecular formula is C4H8BN2O2. The zero-order chi connectivity index (χ0) is 7.28. The Balaban J connectivity index is 3.10. The van der Waals surface area contributed by atoms with Crippen molar-refractivity contribution in [3.8, 4) is 0 Å². The zero-order valence-corrected chi connectivity index (χ0v) is 5.39. The molecule has 0 fully saturated rings. The van der Waals surface area contributed by atoms with Crippen LogP contribution in [0.25, 0.3) is 0 Å². The summed E-state index contributed by atoms with van der Waals surface area (Å²) in [5.74, 6) is -0.410.